The maximum absolute atomic E-state index is 12.9. The number of anilines is 1. The van der Waals surface area contributed by atoms with Crippen LogP contribution in [0, 0.1) is 12.8 Å². The van der Waals surface area contributed by atoms with Crippen molar-refractivity contribution in [1.82, 2.24) is 25.0 Å². The van der Waals surface area contributed by atoms with Crippen LogP contribution in [0.25, 0.3) is 22.2 Å². The summed E-state index contributed by atoms with van der Waals surface area (Å²) in [6, 6.07) is 6.63. The van der Waals surface area contributed by atoms with E-state index in [1.165, 1.54) is 19.4 Å². The van der Waals surface area contributed by atoms with Crippen molar-refractivity contribution in [3.63, 3.8) is 0 Å². The molecule has 6 rings (SSSR count). The van der Waals surface area contributed by atoms with Gasteiger partial charge in [0.2, 0.25) is 0 Å². The number of likely N-dealkylation sites (tertiary alicyclic amines) is 1. The minimum absolute atomic E-state index is 0.0233. The number of pyridine rings is 1. The third-order valence-corrected chi connectivity index (χ3v) is 6.99. The summed E-state index contributed by atoms with van der Waals surface area (Å²) in [5.41, 5.74) is 5.99. The molecule has 1 aliphatic carbocycles. The summed E-state index contributed by atoms with van der Waals surface area (Å²) in [6.45, 7) is 6.14. The summed E-state index contributed by atoms with van der Waals surface area (Å²) < 4.78 is 0. The molecule has 160 valence electrons. The topological polar surface area (TPSA) is 77.2 Å². The molecule has 7 heteroatoms. The Labute approximate surface area is 181 Å². The van der Waals surface area contributed by atoms with Gasteiger partial charge in [0.15, 0.2) is 0 Å². The number of aryl methyl sites for hydroxylation is 1. The molecule has 0 atom stereocenters. The van der Waals surface area contributed by atoms with Crippen LogP contribution in [0.2, 0.25) is 0 Å². The molecule has 3 aromatic rings. The zero-order valence-electron chi connectivity index (χ0n) is 17.9. The number of carbonyl (C=O) groups excluding carboxylic acids is 1. The van der Waals surface area contributed by atoms with E-state index in [0.717, 1.165) is 70.8 Å². The van der Waals surface area contributed by atoms with E-state index in [1.54, 1.807) is 0 Å². The normalized spacial score (nSPS) is 20.2. The molecule has 2 aromatic heterocycles. The second-order valence-electron chi connectivity index (χ2n) is 9.41. The number of hydrogen-bond donors (Lipinski definition) is 2. The third-order valence-electron chi connectivity index (χ3n) is 6.99. The fraction of sp³-hybridized carbons (Fsp3) is 0.458. The van der Waals surface area contributed by atoms with Gasteiger partial charge in [0.1, 0.15) is 5.69 Å². The van der Waals surface area contributed by atoms with E-state index in [4.69, 9.17) is 0 Å². The Morgan fingerprint density at radius 2 is 1.94 bits per heavy atom. The van der Waals surface area contributed by atoms with Gasteiger partial charge >= 0.3 is 6.03 Å². The highest BCUT2D eigenvalue weighted by Gasteiger charge is 2.33. The SMILES string of the molecule is Cc1cncc(-c2n[nH]c3cc4c(cc23)CN(C2CCN(CC3CC3)CC2)C(=O)N4)c1. The van der Waals surface area contributed by atoms with Crippen LogP contribution in [0.1, 0.15) is 36.8 Å². The minimum Gasteiger partial charge on any atom is -0.317 e. The standard InChI is InChI=1S/C24H28N6O/c1-15-8-17(12-25-11-15)23-20-9-18-14-30(24(31)26-21(18)10-22(20)27-28-23)19-4-6-29(7-5-19)13-16-2-3-16/h8-12,16,19H,2-7,13-14H2,1H3,(H,26,31)(H,27,28). The van der Waals surface area contributed by atoms with E-state index in [-0.39, 0.29) is 6.03 Å². The van der Waals surface area contributed by atoms with E-state index in [9.17, 15) is 4.79 Å². The van der Waals surface area contributed by atoms with Crippen molar-refractivity contribution in [2.75, 3.05) is 25.0 Å². The van der Waals surface area contributed by atoms with Crippen molar-refractivity contribution < 1.29 is 4.79 Å². The number of benzene rings is 1. The Bertz CT molecular complexity index is 1140. The lowest BCUT2D eigenvalue weighted by molar-refractivity contribution is 0.119. The van der Waals surface area contributed by atoms with Gasteiger partial charge in [-0.2, -0.15) is 5.10 Å². The first-order valence-electron chi connectivity index (χ1n) is 11.4. The molecule has 7 nitrogen and oxygen atoms in total. The maximum atomic E-state index is 12.9. The van der Waals surface area contributed by atoms with E-state index < -0.39 is 0 Å². The second kappa shape index (κ2) is 7.34. The molecular weight excluding hydrogens is 388 g/mol. The Hall–Kier alpha value is -2.93. The van der Waals surface area contributed by atoms with Gasteiger partial charge in [0.25, 0.3) is 0 Å². The molecule has 2 fully saturated rings. The summed E-state index contributed by atoms with van der Waals surface area (Å²) in [5, 5.41) is 11.9. The Kier molecular flexibility index (Phi) is 4.45. The average molecular weight is 417 g/mol. The molecule has 4 heterocycles. The monoisotopic (exact) mass is 416 g/mol. The molecular formula is C24H28N6O. The first kappa shape index (κ1) is 18.8. The van der Waals surface area contributed by atoms with Crippen molar-refractivity contribution in [3.8, 4) is 11.3 Å². The summed E-state index contributed by atoms with van der Waals surface area (Å²) in [6.07, 6.45) is 8.62. The fourth-order valence-electron chi connectivity index (χ4n) is 5.08. The number of aromatic nitrogens is 3. The molecule has 0 spiro atoms. The molecule has 2 aliphatic heterocycles. The smallest absolute Gasteiger partial charge is 0.317 e. The quantitative estimate of drug-likeness (QED) is 0.670. The van der Waals surface area contributed by atoms with E-state index in [1.807, 2.05) is 30.3 Å². The minimum atomic E-state index is 0.0233. The number of hydrogen-bond acceptors (Lipinski definition) is 4. The van der Waals surface area contributed by atoms with Gasteiger partial charge in [-0.25, -0.2) is 4.79 Å². The van der Waals surface area contributed by atoms with Crippen molar-refractivity contribution in [2.24, 2.45) is 5.92 Å². The van der Waals surface area contributed by atoms with Crippen molar-refractivity contribution >= 4 is 22.6 Å². The Morgan fingerprint density at radius 1 is 1.10 bits per heavy atom. The molecule has 0 radical (unpaired) electrons. The van der Waals surface area contributed by atoms with Crippen molar-refractivity contribution in [3.05, 3.63) is 41.7 Å². The lowest BCUT2D eigenvalue weighted by Crippen LogP contribution is -2.50. The van der Waals surface area contributed by atoms with Gasteiger partial charge in [-0.15, -0.1) is 0 Å². The van der Waals surface area contributed by atoms with Crippen molar-refractivity contribution in [2.45, 2.75) is 45.2 Å². The van der Waals surface area contributed by atoms with Crippen LogP contribution in [-0.4, -0.2) is 56.7 Å². The third kappa shape index (κ3) is 3.57. The summed E-state index contributed by atoms with van der Waals surface area (Å²) in [4.78, 5) is 21.8. The maximum Gasteiger partial charge on any atom is 0.322 e. The Balaban J connectivity index is 1.25. The van der Waals surface area contributed by atoms with Gasteiger partial charge in [0, 0.05) is 61.3 Å². The predicted octanol–water partition coefficient (Wildman–Crippen LogP) is 4.16. The van der Waals surface area contributed by atoms with Crippen LogP contribution >= 0.6 is 0 Å². The van der Waals surface area contributed by atoms with Crippen LogP contribution in [0.5, 0.6) is 0 Å². The molecule has 31 heavy (non-hydrogen) atoms. The lowest BCUT2D eigenvalue weighted by Gasteiger charge is -2.40. The van der Waals surface area contributed by atoms with E-state index in [0.29, 0.717) is 12.6 Å². The predicted molar refractivity (Wildman–Crippen MR) is 121 cm³/mol. The number of rotatable bonds is 4. The highest BCUT2D eigenvalue weighted by molar-refractivity contribution is 6.00. The lowest BCUT2D eigenvalue weighted by atomic mass is 9.99. The highest BCUT2D eigenvalue weighted by atomic mass is 16.2. The van der Waals surface area contributed by atoms with Gasteiger partial charge in [-0.1, -0.05) is 0 Å². The van der Waals surface area contributed by atoms with Crippen LogP contribution in [-0.2, 0) is 6.54 Å². The van der Waals surface area contributed by atoms with Crippen molar-refractivity contribution in [1.29, 1.82) is 0 Å². The van der Waals surface area contributed by atoms with Crippen LogP contribution in [0.4, 0.5) is 10.5 Å². The molecule has 3 aliphatic rings. The molecule has 2 amide bonds. The number of nitrogens with zero attached hydrogens (tertiary/aromatic N) is 4. The molecule has 0 bridgehead atoms. The van der Waals surface area contributed by atoms with Gasteiger partial charge in [0.05, 0.1) is 5.52 Å². The van der Waals surface area contributed by atoms with Gasteiger partial charge in [-0.3, -0.25) is 10.1 Å². The number of carbonyl (C=O) groups is 1. The van der Waals surface area contributed by atoms with E-state index >= 15 is 0 Å². The Morgan fingerprint density at radius 3 is 2.71 bits per heavy atom. The molecule has 2 N–H and O–H groups in total. The van der Waals surface area contributed by atoms with Crippen LogP contribution < -0.4 is 5.32 Å². The molecule has 1 aromatic carbocycles. The van der Waals surface area contributed by atoms with Crippen LogP contribution in [0.3, 0.4) is 0 Å². The van der Waals surface area contributed by atoms with Crippen LogP contribution in [0.15, 0.2) is 30.6 Å². The summed E-state index contributed by atoms with van der Waals surface area (Å²) >= 11 is 0. The van der Waals surface area contributed by atoms with E-state index in [2.05, 4.69) is 37.5 Å². The molecule has 1 saturated heterocycles. The zero-order chi connectivity index (χ0) is 20.9. The number of urea groups is 1. The number of H-pyrrole nitrogens is 1. The molecule has 0 unspecified atom stereocenters. The number of fused-ring (bicyclic) bond motifs is 2. The largest absolute Gasteiger partial charge is 0.322 e. The number of amides is 2. The van der Waals surface area contributed by atoms with Gasteiger partial charge in [-0.05, 0) is 67.9 Å². The zero-order valence-corrected chi connectivity index (χ0v) is 17.9. The summed E-state index contributed by atoms with van der Waals surface area (Å²) in [7, 11) is 0. The average Bonchev–Trinajstić information content (AvgIpc) is 3.49. The highest BCUT2D eigenvalue weighted by Crippen LogP contribution is 2.35. The number of aromatic amines is 1. The second-order valence-corrected chi connectivity index (χ2v) is 9.41. The first-order valence-corrected chi connectivity index (χ1v) is 11.4. The molecule has 1 saturated carbocycles. The number of nitrogens with one attached hydrogen (secondary N) is 2. The first-order chi connectivity index (χ1) is 15.1. The fourth-order valence-corrected chi connectivity index (χ4v) is 5.08. The summed E-state index contributed by atoms with van der Waals surface area (Å²) in [5.74, 6) is 0.928. The number of piperidine rings is 1. The van der Waals surface area contributed by atoms with Gasteiger partial charge < -0.3 is 15.1 Å².